The van der Waals surface area contributed by atoms with E-state index in [1.165, 1.54) is 9.80 Å². The normalized spacial score (nSPS) is 21.1. The van der Waals surface area contributed by atoms with Crippen LogP contribution in [0.25, 0.3) is 0 Å². The first-order chi connectivity index (χ1) is 17.3. The van der Waals surface area contributed by atoms with Crippen molar-refractivity contribution in [2.75, 3.05) is 23.8 Å². The number of nitrogens with one attached hydrogen (secondary N) is 1. The largest absolute Gasteiger partial charge is 0.327 e. The number of urea groups is 1. The number of hydrogen-bond acceptors (Lipinski definition) is 4. The van der Waals surface area contributed by atoms with Gasteiger partial charge in [-0.3, -0.25) is 24.2 Å². The van der Waals surface area contributed by atoms with Crippen LogP contribution in [0.3, 0.4) is 0 Å². The number of para-hydroxylation sites is 1. The van der Waals surface area contributed by atoms with Gasteiger partial charge >= 0.3 is 6.03 Å². The van der Waals surface area contributed by atoms with Crippen LogP contribution in [0.15, 0.2) is 48.5 Å². The number of imide groups is 1. The molecule has 1 saturated carbocycles. The van der Waals surface area contributed by atoms with Crippen LogP contribution in [0.1, 0.15) is 49.7 Å². The number of likely N-dealkylation sites (N-methyl/N-ethyl adjacent to an activating group) is 1. The molecule has 0 aromatic heterocycles. The second-order valence-electron chi connectivity index (χ2n) is 10.1. The summed E-state index contributed by atoms with van der Waals surface area (Å²) in [6.45, 7) is 1.59. The van der Waals surface area contributed by atoms with Gasteiger partial charge in [0.1, 0.15) is 18.1 Å². The van der Waals surface area contributed by atoms with Crippen molar-refractivity contribution in [2.45, 2.75) is 63.5 Å². The Bertz CT molecular complexity index is 1200. The molecular weight excluding hydrogens is 456 g/mol. The Morgan fingerprint density at radius 3 is 2.42 bits per heavy atom. The summed E-state index contributed by atoms with van der Waals surface area (Å²) in [6.07, 6.45) is 5.14. The standard InChI is InChI=1S/C28H32N4O4/c1-19-10-13-21(14-11-19)29-25(34)23-15-12-20-8-4-5-9-22(20)32(23)24(33)18-31-26(35)28(30(2)27(31)36)16-6-3-7-17-28/h4-5,8-11,13-14,23H,3,6-7,12,15-18H2,1-2H3,(H,29,34)/t23-/m0/s1. The number of hydrogen-bond donors (Lipinski definition) is 1. The smallest absolute Gasteiger partial charge is 0.324 e. The van der Waals surface area contributed by atoms with E-state index in [2.05, 4.69) is 5.32 Å². The summed E-state index contributed by atoms with van der Waals surface area (Å²) in [5, 5.41) is 2.93. The SMILES string of the molecule is Cc1ccc(NC(=O)[C@@H]2CCc3ccccc3N2C(=O)CN2C(=O)N(C)C3(CCCCC3)C2=O)cc1. The molecule has 8 nitrogen and oxygen atoms in total. The van der Waals surface area contributed by atoms with Gasteiger partial charge in [-0.15, -0.1) is 0 Å². The van der Waals surface area contributed by atoms with Crippen molar-refractivity contribution in [1.82, 2.24) is 9.80 Å². The van der Waals surface area contributed by atoms with E-state index < -0.39 is 23.5 Å². The van der Waals surface area contributed by atoms with E-state index >= 15 is 0 Å². The number of rotatable bonds is 4. The van der Waals surface area contributed by atoms with Gasteiger partial charge in [-0.1, -0.05) is 55.2 Å². The summed E-state index contributed by atoms with van der Waals surface area (Å²) in [4.78, 5) is 57.8. The Morgan fingerprint density at radius 2 is 1.69 bits per heavy atom. The lowest BCUT2D eigenvalue weighted by Crippen LogP contribution is -2.54. The molecule has 0 unspecified atom stereocenters. The average molecular weight is 489 g/mol. The second-order valence-corrected chi connectivity index (χ2v) is 10.1. The second kappa shape index (κ2) is 9.41. The molecule has 188 valence electrons. The Labute approximate surface area is 211 Å². The Balaban J connectivity index is 1.41. The highest BCUT2D eigenvalue weighted by Gasteiger charge is 2.56. The van der Waals surface area contributed by atoms with Crippen LogP contribution in [-0.4, -0.2) is 58.7 Å². The lowest BCUT2D eigenvalue weighted by Gasteiger charge is -2.37. The zero-order chi connectivity index (χ0) is 25.4. The first-order valence-electron chi connectivity index (χ1n) is 12.7. The van der Waals surface area contributed by atoms with Crippen LogP contribution in [0.4, 0.5) is 16.2 Å². The fourth-order valence-electron chi connectivity index (χ4n) is 5.85. The molecule has 2 aromatic rings. The maximum atomic E-state index is 13.8. The molecule has 0 bridgehead atoms. The molecule has 1 atom stereocenters. The first kappa shape index (κ1) is 24.0. The molecule has 2 fully saturated rings. The molecule has 36 heavy (non-hydrogen) atoms. The summed E-state index contributed by atoms with van der Waals surface area (Å²) in [7, 11) is 1.66. The molecule has 5 amide bonds. The number of aryl methyl sites for hydroxylation is 2. The van der Waals surface area contributed by atoms with Crippen LogP contribution >= 0.6 is 0 Å². The average Bonchev–Trinajstić information content (AvgIpc) is 3.06. The van der Waals surface area contributed by atoms with Gasteiger partial charge in [-0.2, -0.15) is 0 Å². The van der Waals surface area contributed by atoms with E-state index in [9.17, 15) is 19.2 Å². The predicted octanol–water partition coefficient (Wildman–Crippen LogP) is 3.88. The molecule has 3 aliphatic rings. The third-order valence-electron chi connectivity index (χ3n) is 7.92. The maximum absolute atomic E-state index is 13.8. The summed E-state index contributed by atoms with van der Waals surface area (Å²) in [5.41, 5.74) is 2.50. The number of carbonyl (C=O) groups is 4. The highest BCUT2D eigenvalue weighted by molar-refractivity contribution is 6.12. The van der Waals surface area contributed by atoms with Gasteiger partial charge in [0.25, 0.3) is 5.91 Å². The molecule has 0 radical (unpaired) electrons. The number of benzene rings is 2. The lowest BCUT2D eigenvalue weighted by molar-refractivity contribution is -0.137. The van der Waals surface area contributed by atoms with Gasteiger partial charge in [0.2, 0.25) is 11.8 Å². The summed E-state index contributed by atoms with van der Waals surface area (Å²) in [6, 6.07) is 13.8. The number of amides is 5. The molecule has 1 aliphatic carbocycles. The van der Waals surface area contributed by atoms with Gasteiger partial charge in [-0.05, 0) is 56.4 Å². The molecule has 5 rings (SSSR count). The number of fused-ring (bicyclic) bond motifs is 1. The van der Waals surface area contributed by atoms with Crippen LogP contribution in [0.5, 0.6) is 0 Å². The van der Waals surface area contributed by atoms with Crippen molar-refractivity contribution in [1.29, 1.82) is 0 Å². The fraction of sp³-hybridized carbons (Fsp3) is 0.429. The van der Waals surface area contributed by atoms with E-state index in [-0.39, 0.29) is 18.4 Å². The van der Waals surface area contributed by atoms with E-state index in [1.807, 2.05) is 55.5 Å². The summed E-state index contributed by atoms with van der Waals surface area (Å²) < 4.78 is 0. The molecule has 1 spiro atoms. The van der Waals surface area contributed by atoms with Crippen LogP contribution in [0.2, 0.25) is 0 Å². The monoisotopic (exact) mass is 488 g/mol. The highest BCUT2D eigenvalue weighted by Crippen LogP contribution is 2.40. The molecule has 1 saturated heterocycles. The van der Waals surface area contributed by atoms with Crippen molar-refractivity contribution in [2.24, 2.45) is 0 Å². The number of nitrogens with zero attached hydrogens (tertiary/aromatic N) is 3. The van der Waals surface area contributed by atoms with Crippen molar-refractivity contribution in [3.63, 3.8) is 0 Å². The Kier molecular flexibility index (Phi) is 6.28. The van der Waals surface area contributed by atoms with Gasteiger partial charge in [0.15, 0.2) is 0 Å². The Hall–Kier alpha value is -3.68. The topological polar surface area (TPSA) is 90.0 Å². The minimum Gasteiger partial charge on any atom is -0.324 e. The highest BCUT2D eigenvalue weighted by atomic mass is 16.2. The predicted molar refractivity (Wildman–Crippen MR) is 137 cm³/mol. The molecule has 1 N–H and O–H groups in total. The molecule has 8 heteroatoms. The fourth-order valence-corrected chi connectivity index (χ4v) is 5.85. The first-order valence-corrected chi connectivity index (χ1v) is 12.7. The third kappa shape index (κ3) is 4.04. The van der Waals surface area contributed by atoms with Crippen molar-refractivity contribution >= 4 is 35.1 Å². The summed E-state index contributed by atoms with van der Waals surface area (Å²) >= 11 is 0. The number of carbonyl (C=O) groups excluding carboxylic acids is 4. The van der Waals surface area contributed by atoms with Crippen LogP contribution in [0, 0.1) is 6.92 Å². The van der Waals surface area contributed by atoms with Crippen LogP contribution in [-0.2, 0) is 20.8 Å². The molecule has 2 aliphatic heterocycles. The van der Waals surface area contributed by atoms with Crippen molar-refractivity contribution in [3.8, 4) is 0 Å². The van der Waals surface area contributed by atoms with E-state index in [0.717, 1.165) is 35.3 Å². The van der Waals surface area contributed by atoms with Gasteiger partial charge in [0.05, 0.1) is 0 Å². The minimum absolute atomic E-state index is 0.290. The minimum atomic E-state index is -0.850. The zero-order valence-corrected chi connectivity index (χ0v) is 20.8. The third-order valence-corrected chi connectivity index (χ3v) is 7.92. The lowest BCUT2D eigenvalue weighted by atomic mass is 9.81. The van der Waals surface area contributed by atoms with E-state index in [0.29, 0.717) is 37.1 Å². The van der Waals surface area contributed by atoms with Crippen molar-refractivity contribution < 1.29 is 19.2 Å². The van der Waals surface area contributed by atoms with Crippen molar-refractivity contribution in [3.05, 3.63) is 59.7 Å². The van der Waals surface area contributed by atoms with Gasteiger partial charge in [-0.25, -0.2) is 4.79 Å². The molecular formula is C28H32N4O4. The summed E-state index contributed by atoms with van der Waals surface area (Å²) in [5.74, 6) is -1.02. The quantitative estimate of drug-likeness (QED) is 0.662. The maximum Gasteiger partial charge on any atom is 0.327 e. The van der Waals surface area contributed by atoms with E-state index in [1.54, 1.807) is 7.05 Å². The Morgan fingerprint density at radius 1 is 1.00 bits per heavy atom. The zero-order valence-electron chi connectivity index (χ0n) is 20.8. The molecule has 2 aromatic carbocycles. The van der Waals surface area contributed by atoms with E-state index in [4.69, 9.17) is 0 Å². The van der Waals surface area contributed by atoms with Gasteiger partial charge in [0, 0.05) is 18.4 Å². The molecule has 2 heterocycles. The van der Waals surface area contributed by atoms with Gasteiger partial charge < -0.3 is 10.2 Å². The van der Waals surface area contributed by atoms with Crippen LogP contribution < -0.4 is 10.2 Å². The number of anilines is 2.